The van der Waals surface area contributed by atoms with Crippen LogP contribution >= 0.6 is 0 Å². The average Bonchev–Trinajstić information content (AvgIpc) is 2.61. The molecular formula is C18H13FN2O5. The molecule has 1 aliphatic heterocycles. The second-order valence-corrected chi connectivity index (χ2v) is 5.37. The van der Waals surface area contributed by atoms with E-state index < -0.39 is 23.7 Å². The number of anilines is 1. The second kappa shape index (κ2) is 6.67. The maximum atomic E-state index is 13.1. The highest BCUT2D eigenvalue weighted by Gasteiger charge is 2.36. The number of halogens is 1. The maximum Gasteiger partial charge on any atom is 0.335 e. The van der Waals surface area contributed by atoms with E-state index in [0.29, 0.717) is 5.56 Å². The van der Waals surface area contributed by atoms with Gasteiger partial charge in [-0.2, -0.15) is 0 Å². The monoisotopic (exact) mass is 356 g/mol. The third kappa shape index (κ3) is 3.12. The SMILES string of the molecule is COc1cc(/C=C2\C(=O)NC(=O)N(c3ccc(F)cc3)C2=O)ccc1O. The lowest BCUT2D eigenvalue weighted by Gasteiger charge is -2.26. The molecule has 26 heavy (non-hydrogen) atoms. The van der Waals surface area contributed by atoms with E-state index in [1.807, 2.05) is 0 Å². The summed E-state index contributed by atoms with van der Waals surface area (Å²) in [4.78, 5) is 37.5. The molecule has 0 atom stereocenters. The zero-order valence-corrected chi connectivity index (χ0v) is 13.5. The highest BCUT2D eigenvalue weighted by Crippen LogP contribution is 2.28. The lowest BCUT2D eigenvalue weighted by Crippen LogP contribution is -2.54. The summed E-state index contributed by atoms with van der Waals surface area (Å²) < 4.78 is 18.1. The number of benzene rings is 2. The van der Waals surface area contributed by atoms with Gasteiger partial charge in [0, 0.05) is 0 Å². The number of amides is 4. The van der Waals surface area contributed by atoms with Gasteiger partial charge in [-0.25, -0.2) is 14.1 Å². The number of carbonyl (C=O) groups is 3. The van der Waals surface area contributed by atoms with Crippen LogP contribution in [0.25, 0.3) is 6.08 Å². The highest BCUT2D eigenvalue weighted by molar-refractivity contribution is 6.39. The number of carbonyl (C=O) groups excluding carboxylic acids is 3. The quantitative estimate of drug-likeness (QED) is 0.649. The van der Waals surface area contributed by atoms with Crippen LogP contribution in [-0.2, 0) is 9.59 Å². The smallest absolute Gasteiger partial charge is 0.335 e. The normalized spacial score (nSPS) is 16.0. The van der Waals surface area contributed by atoms with Crippen LogP contribution in [0.4, 0.5) is 14.9 Å². The molecule has 0 saturated carbocycles. The van der Waals surface area contributed by atoms with E-state index in [-0.39, 0.29) is 22.8 Å². The standard InChI is InChI=1S/C18H13FN2O5/c1-26-15-9-10(2-7-14(15)22)8-13-16(23)20-18(25)21(17(13)24)12-5-3-11(19)4-6-12/h2-9,22H,1H3,(H,20,23,25)/b13-8+. The van der Waals surface area contributed by atoms with E-state index in [0.717, 1.165) is 17.0 Å². The van der Waals surface area contributed by atoms with Crippen LogP contribution in [-0.4, -0.2) is 30.1 Å². The molecular weight excluding hydrogens is 343 g/mol. The minimum absolute atomic E-state index is 0.0998. The number of nitrogens with zero attached hydrogens (tertiary/aromatic N) is 1. The molecule has 2 aromatic carbocycles. The second-order valence-electron chi connectivity index (χ2n) is 5.37. The fraction of sp³-hybridized carbons (Fsp3) is 0.0556. The summed E-state index contributed by atoms with van der Waals surface area (Å²) in [5.41, 5.74) is 0.240. The van der Waals surface area contributed by atoms with E-state index in [9.17, 15) is 23.9 Å². The number of nitrogens with one attached hydrogen (secondary N) is 1. The number of hydrogen-bond acceptors (Lipinski definition) is 5. The van der Waals surface area contributed by atoms with Crippen molar-refractivity contribution in [1.82, 2.24) is 5.32 Å². The van der Waals surface area contributed by atoms with Crippen molar-refractivity contribution in [3.05, 3.63) is 59.4 Å². The summed E-state index contributed by atoms with van der Waals surface area (Å²) in [5, 5.41) is 11.7. The summed E-state index contributed by atoms with van der Waals surface area (Å²) in [6.45, 7) is 0. The molecule has 1 heterocycles. The van der Waals surface area contributed by atoms with E-state index in [1.54, 1.807) is 0 Å². The first-order chi connectivity index (χ1) is 12.4. The zero-order valence-electron chi connectivity index (χ0n) is 13.5. The van der Waals surface area contributed by atoms with Crippen LogP contribution in [0.3, 0.4) is 0 Å². The molecule has 4 amide bonds. The predicted octanol–water partition coefficient (Wildman–Crippen LogP) is 2.21. The molecule has 2 N–H and O–H groups in total. The van der Waals surface area contributed by atoms with Crippen molar-refractivity contribution in [2.24, 2.45) is 0 Å². The number of barbiturate groups is 1. The van der Waals surface area contributed by atoms with Gasteiger partial charge in [-0.3, -0.25) is 14.9 Å². The minimum atomic E-state index is -0.924. The summed E-state index contributed by atoms with van der Waals surface area (Å²) in [5.74, 6) is -2.17. The fourth-order valence-corrected chi connectivity index (χ4v) is 2.43. The molecule has 0 aliphatic carbocycles. The molecule has 0 spiro atoms. The van der Waals surface area contributed by atoms with Gasteiger partial charge >= 0.3 is 6.03 Å². The third-order valence-corrected chi connectivity index (χ3v) is 3.70. The van der Waals surface area contributed by atoms with Crippen LogP contribution in [0.5, 0.6) is 11.5 Å². The highest BCUT2D eigenvalue weighted by atomic mass is 19.1. The largest absolute Gasteiger partial charge is 0.504 e. The number of methoxy groups -OCH3 is 1. The van der Waals surface area contributed by atoms with E-state index in [1.165, 1.54) is 43.5 Å². The molecule has 0 bridgehead atoms. The van der Waals surface area contributed by atoms with Gasteiger partial charge in [-0.1, -0.05) is 6.07 Å². The molecule has 2 aromatic rings. The molecule has 0 radical (unpaired) electrons. The van der Waals surface area contributed by atoms with Crippen molar-refractivity contribution in [3.8, 4) is 11.5 Å². The molecule has 1 fully saturated rings. The Morgan fingerprint density at radius 3 is 2.46 bits per heavy atom. The first-order valence-electron chi connectivity index (χ1n) is 7.44. The minimum Gasteiger partial charge on any atom is -0.504 e. The Hall–Kier alpha value is -3.68. The van der Waals surface area contributed by atoms with Crippen LogP contribution < -0.4 is 15.0 Å². The summed E-state index contributed by atoms with van der Waals surface area (Å²) in [7, 11) is 1.36. The number of phenolic OH excluding ortho intramolecular Hbond substituents is 1. The molecule has 3 rings (SSSR count). The van der Waals surface area contributed by atoms with E-state index in [4.69, 9.17) is 4.74 Å². The van der Waals surface area contributed by atoms with Crippen molar-refractivity contribution in [1.29, 1.82) is 0 Å². The lowest BCUT2D eigenvalue weighted by molar-refractivity contribution is -0.122. The number of imide groups is 2. The van der Waals surface area contributed by atoms with Crippen molar-refractivity contribution >= 4 is 29.6 Å². The summed E-state index contributed by atoms with van der Waals surface area (Å²) in [6, 6.07) is 8.03. The Morgan fingerprint density at radius 1 is 1.12 bits per heavy atom. The van der Waals surface area contributed by atoms with Gasteiger partial charge in [-0.15, -0.1) is 0 Å². The molecule has 8 heteroatoms. The topological polar surface area (TPSA) is 95.9 Å². The molecule has 1 saturated heterocycles. The first-order valence-corrected chi connectivity index (χ1v) is 7.44. The van der Waals surface area contributed by atoms with Crippen LogP contribution in [0.2, 0.25) is 0 Å². The number of rotatable bonds is 3. The Morgan fingerprint density at radius 2 is 1.81 bits per heavy atom. The van der Waals surface area contributed by atoms with Crippen LogP contribution in [0.1, 0.15) is 5.56 Å². The van der Waals surface area contributed by atoms with E-state index in [2.05, 4.69) is 5.32 Å². The van der Waals surface area contributed by atoms with Crippen molar-refractivity contribution in [2.75, 3.05) is 12.0 Å². The Balaban J connectivity index is 2.01. The number of phenols is 1. The number of aromatic hydroxyl groups is 1. The van der Waals surface area contributed by atoms with Gasteiger partial charge in [0.25, 0.3) is 11.8 Å². The van der Waals surface area contributed by atoms with Gasteiger partial charge in [0.05, 0.1) is 12.8 Å². The van der Waals surface area contributed by atoms with Crippen molar-refractivity contribution in [3.63, 3.8) is 0 Å². The van der Waals surface area contributed by atoms with Gasteiger partial charge < -0.3 is 9.84 Å². The fourth-order valence-electron chi connectivity index (χ4n) is 2.43. The Labute approximate surface area is 147 Å². The average molecular weight is 356 g/mol. The number of ether oxygens (including phenoxy) is 1. The number of urea groups is 1. The Bertz CT molecular complexity index is 937. The van der Waals surface area contributed by atoms with Crippen LogP contribution in [0.15, 0.2) is 48.0 Å². The zero-order chi connectivity index (χ0) is 18.8. The molecule has 0 aromatic heterocycles. The third-order valence-electron chi connectivity index (χ3n) is 3.70. The van der Waals surface area contributed by atoms with Crippen molar-refractivity contribution < 1.29 is 28.6 Å². The van der Waals surface area contributed by atoms with Gasteiger partial charge in [0.2, 0.25) is 0 Å². The predicted molar refractivity (Wildman–Crippen MR) is 90.1 cm³/mol. The molecule has 7 nitrogen and oxygen atoms in total. The summed E-state index contributed by atoms with van der Waals surface area (Å²) in [6.07, 6.45) is 1.27. The lowest BCUT2D eigenvalue weighted by atomic mass is 10.1. The molecule has 132 valence electrons. The molecule has 0 unspecified atom stereocenters. The number of hydrogen-bond donors (Lipinski definition) is 2. The van der Waals surface area contributed by atoms with Gasteiger partial charge in [0.15, 0.2) is 11.5 Å². The first kappa shape index (κ1) is 17.2. The van der Waals surface area contributed by atoms with Crippen molar-refractivity contribution in [2.45, 2.75) is 0 Å². The van der Waals surface area contributed by atoms with Crippen LogP contribution in [0, 0.1) is 5.82 Å². The van der Waals surface area contributed by atoms with Gasteiger partial charge in [-0.05, 0) is 48.0 Å². The Kier molecular flexibility index (Phi) is 4.40. The van der Waals surface area contributed by atoms with Gasteiger partial charge in [0.1, 0.15) is 11.4 Å². The maximum absolute atomic E-state index is 13.1. The summed E-state index contributed by atoms with van der Waals surface area (Å²) >= 11 is 0. The molecule has 1 aliphatic rings. The van der Waals surface area contributed by atoms with E-state index >= 15 is 0 Å².